The predicted octanol–water partition coefficient (Wildman–Crippen LogP) is 1.70. The summed E-state index contributed by atoms with van der Waals surface area (Å²) in [6, 6.07) is 10.7. The average Bonchev–Trinajstić information content (AvgIpc) is 3.29. The van der Waals surface area contributed by atoms with E-state index in [0.717, 1.165) is 31.9 Å². The monoisotopic (exact) mass is 340 g/mol. The van der Waals surface area contributed by atoms with Crippen LogP contribution in [0.15, 0.2) is 36.5 Å². The SMILES string of the molecule is CCc1ncc(C(=O)N2C[C@@H]3OCCN(Cc4ccccc4)[C@H]3C2)[nH]1. The van der Waals surface area contributed by atoms with E-state index in [1.165, 1.54) is 5.56 Å². The number of H-pyrrole nitrogens is 1. The molecule has 3 heterocycles. The standard InChI is InChI=1S/C19H24N4O2/c1-2-18-20-10-15(21-18)19(24)23-12-16-17(13-23)25-9-8-22(16)11-14-6-4-3-5-7-14/h3-7,10,16-17H,2,8-9,11-13H2,1H3,(H,20,21)/t16-,17-/m0/s1. The highest BCUT2D eigenvalue weighted by Crippen LogP contribution is 2.25. The van der Waals surface area contributed by atoms with Crippen LogP contribution in [0.3, 0.4) is 0 Å². The number of hydrogen-bond acceptors (Lipinski definition) is 4. The van der Waals surface area contributed by atoms with E-state index in [4.69, 9.17) is 4.74 Å². The first-order valence-corrected chi connectivity index (χ1v) is 8.97. The molecule has 0 spiro atoms. The smallest absolute Gasteiger partial charge is 0.272 e. The van der Waals surface area contributed by atoms with E-state index in [1.807, 2.05) is 17.9 Å². The number of aryl methyl sites for hydroxylation is 1. The zero-order valence-electron chi connectivity index (χ0n) is 14.5. The molecule has 6 heteroatoms. The fraction of sp³-hybridized carbons (Fsp3) is 0.474. The number of nitrogens with one attached hydrogen (secondary N) is 1. The molecule has 1 amide bonds. The van der Waals surface area contributed by atoms with Crippen LogP contribution in [0.1, 0.15) is 28.8 Å². The molecule has 0 bridgehead atoms. The minimum absolute atomic E-state index is 0.0184. The predicted molar refractivity (Wildman–Crippen MR) is 94.2 cm³/mol. The van der Waals surface area contributed by atoms with Gasteiger partial charge < -0.3 is 14.6 Å². The summed E-state index contributed by atoms with van der Waals surface area (Å²) in [5.41, 5.74) is 1.87. The van der Waals surface area contributed by atoms with Gasteiger partial charge in [0.1, 0.15) is 11.5 Å². The Morgan fingerprint density at radius 1 is 1.32 bits per heavy atom. The van der Waals surface area contributed by atoms with Crippen molar-refractivity contribution in [2.75, 3.05) is 26.2 Å². The lowest BCUT2D eigenvalue weighted by molar-refractivity contribution is -0.0503. The van der Waals surface area contributed by atoms with Gasteiger partial charge in [-0.1, -0.05) is 37.3 Å². The van der Waals surface area contributed by atoms with Crippen molar-refractivity contribution in [3.05, 3.63) is 53.6 Å². The van der Waals surface area contributed by atoms with Gasteiger partial charge in [-0.15, -0.1) is 0 Å². The Bertz CT molecular complexity index is 730. The van der Waals surface area contributed by atoms with Crippen molar-refractivity contribution in [1.29, 1.82) is 0 Å². The number of fused-ring (bicyclic) bond motifs is 1. The van der Waals surface area contributed by atoms with Crippen LogP contribution in [0.4, 0.5) is 0 Å². The molecule has 132 valence electrons. The van der Waals surface area contributed by atoms with E-state index in [0.29, 0.717) is 18.8 Å². The lowest BCUT2D eigenvalue weighted by atomic mass is 10.1. The second-order valence-electron chi connectivity index (χ2n) is 6.74. The molecule has 25 heavy (non-hydrogen) atoms. The summed E-state index contributed by atoms with van der Waals surface area (Å²) in [5.74, 6) is 0.867. The van der Waals surface area contributed by atoms with Crippen molar-refractivity contribution < 1.29 is 9.53 Å². The van der Waals surface area contributed by atoms with Crippen molar-refractivity contribution in [2.45, 2.75) is 32.0 Å². The van der Waals surface area contributed by atoms with E-state index in [1.54, 1.807) is 6.20 Å². The second-order valence-corrected chi connectivity index (χ2v) is 6.74. The topological polar surface area (TPSA) is 61.5 Å². The quantitative estimate of drug-likeness (QED) is 0.920. The highest BCUT2D eigenvalue weighted by molar-refractivity contribution is 5.92. The first-order valence-electron chi connectivity index (χ1n) is 8.97. The maximum atomic E-state index is 12.8. The van der Waals surface area contributed by atoms with Gasteiger partial charge in [-0.3, -0.25) is 9.69 Å². The van der Waals surface area contributed by atoms with Crippen LogP contribution in [0.5, 0.6) is 0 Å². The van der Waals surface area contributed by atoms with E-state index in [-0.39, 0.29) is 18.1 Å². The van der Waals surface area contributed by atoms with Gasteiger partial charge in [0.2, 0.25) is 0 Å². The molecule has 0 unspecified atom stereocenters. The third-order valence-corrected chi connectivity index (χ3v) is 5.13. The summed E-state index contributed by atoms with van der Waals surface area (Å²) in [4.78, 5) is 24.5. The number of imidazole rings is 1. The van der Waals surface area contributed by atoms with Crippen molar-refractivity contribution in [1.82, 2.24) is 19.8 Å². The van der Waals surface area contributed by atoms with Crippen LogP contribution >= 0.6 is 0 Å². The first kappa shape index (κ1) is 16.3. The molecular formula is C19H24N4O2. The second kappa shape index (κ2) is 6.98. The number of benzene rings is 1. The van der Waals surface area contributed by atoms with Gasteiger partial charge in [0.05, 0.1) is 24.9 Å². The van der Waals surface area contributed by atoms with E-state index >= 15 is 0 Å². The van der Waals surface area contributed by atoms with Gasteiger partial charge in [0.25, 0.3) is 5.91 Å². The van der Waals surface area contributed by atoms with Gasteiger partial charge in [0.15, 0.2) is 0 Å². The van der Waals surface area contributed by atoms with E-state index in [9.17, 15) is 4.79 Å². The third-order valence-electron chi connectivity index (χ3n) is 5.13. The molecule has 2 fully saturated rings. The van der Waals surface area contributed by atoms with Crippen LogP contribution in [0.2, 0.25) is 0 Å². The largest absolute Gasteiger partial charge is 0.373 e. The number of aromatic amines is 1. The van der Waals surface area contributed by atoms with Crippen molar-refractivity contribution in [3.63, 3.8) is 0 Å². The molecule has 2 aliphatic heterocycles. The van der Waals surface area contributed by atoms with E-state index < -0.39 is 0 Å². The summed E-state index contributed by atoms with van der Waals surface area (Å²) < 4.78 is 5.95. The van der Waals surface area contributed by atoms with Gasteiger partial charge in [0, 0.05) is 32.6 Å². The Morgan fingerprint density at radius 3 is 2.92 bits per heavy atom. The normalized spacial score (nSPS) is 23.6. The molecule has 0 radical (unpaired) electrons. The van der Waals surface area contributed by atoms with Gasteiger partial charge >= 0.3 is 0 Å². The van der Waals surface area contributed by atoms with Crippen LogP contribution < -0.4 is 0 Å². The molecule has 1 aromatic carbocycles. The number of rotatable bonds is 4. The Morgan fingerprint density at radius 2 is 2.16 bits per heavy atom. The Labute approximate surface area is 147 Å². The van der Waals surface area contributed by atoms with Crippen LogP contribution in [-0.4, -0.2) is 64.1 Å². The molecule has 0 aliphatic carbocycles. The third kappa shape index (κ3) is 3.32. The maximum Gasteiger partial charge on any atom is 0.272 e. The minimum atomic E-state index is 0.0184. The maximum absolute atomic E-state index is 12.8. The summed E-state index contributed by atoms with van der Waals surface area (Å²) in [7, 11) is 0. The van der Waals surface area contributed by atoms with Gasteiger partial charge in [-0.2, -0.15) is 0 Å². The number of morpholine rings is 1. The molecule has 1 N–H and O–H groups in total. The number of aromatic nitrogens is 2. The summed E-state index contributed by atoms with van der Waals surface area (Å²) in [6.45, 7) is 5.90. The fourth-order valence-corrected chi connectivity index (χ4v) is 3.76. The molecule has 6 nitrogen and oxygen atoms in total. The Kier molecular flexibility index (Phi) is 4.55. The lowest BCUT2D eigenvalue weighted by Crippen LogP contribution is -2.50. The number of likely N-dealkylation sites (tertiary alicyclic amines) is 1. The van der Waals surface area contributed by atoms with Crippen molar-refractivity contribution >= 4 is 5.91 Å². The van der Waals surface area contributed by atoms with Gasteiger partial charge in [-0.25, -0.2) is 4.98 Å². The Balaban J connectivity index is 1.46. The number of carbonyl (C=O) groups is 1. The molecule has 4 rings (SSSR count). The molecule has 2 aliphatic rings. The number of nitrogens with zero attached hydrogens (tertiary/aromatic N) is 3. The first-order chi connectivity index (χ1) is 12.2. The summed E-state index contributed by atoms with van der Waals surface area (Å²) in [6.07, 6.45) is 2.54. The van der Waals surface area contributed by atoms with Crippen molar-refractivity contribution in [3.8, 4) is 0 Å². The molecule has 2 atom stereocenters. The Hall–Kier alpha value is -2.18. The molecule has 1 aromatic heterocycles. The summed E-state index contributed by atoms with van der Waals surface area (Å²) in [5, 5.41) is 0. The molecule has 2 aromatic rings. The van der Waals surface area contributed by atoms with E-state index in [2.05, 4.69) is 39.1 Å². The van der Waals surface area contributed by atoms with Crippen LogP contribution in [0, 0.1) is 0 Å². The minimum Gasteiger partial charge on any atom is -0.373 e. The fourth-order valence-electron chi connectivity index (χ4n) is 3.76. The highest BCUT2D eigenvalue weighted by atomic mass is 16.5. The average molecular weight is 340 g/mol. The van der Waals surface area contributed by atoms with Crippen molar-refractivity contribution in [2.24, 2.45) is 0 Å². The lowest BCUT2D eigenvalue weighted by Gasteiger charge is -2.36. The molecule has 0 saturated carbocycles. The summed E-state index contributed by atoms with van der Waals surface area (Å²) >= 11 is 0. The number of amides is 1. The zero-order valence-corrected chi connectivity index (χ0v) is 14.5. The van der Waals surface area contributed by atoms with Crippen LogP contribution in [0.25, 0.3) is 0 Å². The van der Waals surface area contributed by atoms with Gasteiger partial charge in [-0.05, 0) is 5.56 Å². The number of carbonyl (C=O) groups excluding carboxylic acids is 1. The molecule has 2 saturated heterocycles. The molecular weight excluding hydrogens is 316 g/mol. The van der Waals surface area contributed by atoms with Crippen LogP contribution in [-0.2, 0) is 17.7 Å². The number of ether oxygens (including phenoxy) is 1. The zero-order chi connectivity index (χ0) is 17.2. The highest BCUT2D eigenvalue weighted by Gasteiger charge is 2.42. The number of hydrogen-bond donors (Lipinski definition) is 1.